The average molecular weight is 339 g/mol. The van der Waals surface area contributed by atoms with Crippen LogP contribution in [0.2, 0.25) is 0 Å². The first-order valence-electron chi connectivity index (χ1n) is 7.70. The quantitative estimate of drug-likeness (QED) is 0.884. The number of benzene rings is 1. The number of hydrogen-bond donors (Lipinski definition) is 1. The first-order valence-corrected chi connectivity index (χ1v) is 8.49. The minimum Gasteiger partial charge on any atom is -0.326 e. The lowest BCUT2D eigenvalue weighted by molar-refractivity contribution is 0.0721. The Kier molecular flexibility index (Phi) is 5.27. The van der Waals surface area contributed by atoms with Crippen molar-refractivity contribution in [3.05, 3.63) is 34.3 Å². The number of nitrogens with zero attached hydrogens (tertiary/aromatic N) is 1. The molecule has 20 heavy (non-hydrogen) atoms. The van der Waals surface area contributed by atoms with Gasteiger partial charge in [-0.1, -0.05) is 48.3 Å². The molecule has 1 aliphatic heterocycles. The summed E-state index contributed by atoms with van der Waals surface area (Å²) in [6, 6.07) is 9.07. The Hall–Kier alpha value is -0.380. The molecule has 2 atom stereocenters. The van der Waals surface area contributed by atoms with Gasteiger partial charge in [0.1, 0.15) is 0 Å². The number of hydrogen-bond acceptors (Lipinski definition) is 2. The molecule has 2 unspecified atom stereocenters. The zero-order chi connectivity index (χ0) is 14.8. The van der Waals surface area contributed by atoms with Crippen molar-refractivity contribution in [2.75, 3.05) is 13.1 Å². The van der Waals surface area contributed by atoms with Crippen LogP contribution in [0.3, 0.4) is 0 Å². The van der Waals surface area contributed by atoms with Gasteiger partial charge in [0, 0.05) is 16.6 Å². The second-order valence-electron chi connectivity index (χ2n) is 6.56. The third kappa shape index (κ3) is 3.63. The topological polar surface area (TPSA) is 29.3 Å². The molecule has 0 aromatic heterocycles. The van der Waals surface area contributed by atoms with Crippen LogP contribution in [0.5, 0.6) is 0 Å². The van der Waals surface area contributed by atoms with Crippen molar-refractivity contribution in [2.24, 2.45) is 11.1 Å². The van der Waals surface area contributed by atoms with Crippen LogP contribution in [0.4, 0.5) is 0 Å². The van der Waals surface area contributed by atoms with E-state index in [-0.39, 0.29) is 6.04 Å². The van der Waals surface area contributed by atoms with E-state index in [9.17, 15) is 0 Å². The molecule has 0 radical (unpaired) electrons. The zero-order valence-electron chi connectivity index (χ0n) is 12.9. The fourth-order valence-corrected chi connectivity index (χ4v) is 3.65. The molecule has 2 N–H and O–H groups in total. The molecule has 1 aliphatic rings. The molecule has 1 aromatic rings. The third-order valence-corrected chi connectivity index (χ3v) is 5.43. The van der Waals surface area contributed by atoms with E-state index in [1.807, 2.05) is 0 Å². The van der Waals surface area contributed by atoms with Crippen LogP contribution in [0.25, 0.3) is 0 Å². The standard InChI is InChI=1S/C17H27BrN2/c1-4-17(3)8-10-20(11-9-17)16(13(2)19)14-6-5-7-15(18)12-14/h5-7,12-13,16H,4,8-11,19H2,1-3H3. The highest BCUT2D eigenvalue weighted by atomic mass is 79.9. The number of likely N-dealkylation sites (tertiary alicyclic amines) is 1. The summed E-state index contributed by atoms with van der Waals surface area (Å²) in [4.78, 5) is 2.57. The van der Waals surface area contributed by atoms with Crippen molar-refractivity contribution in [1.29, 1.82) is 0 Å². The average Bonchev–Trinajstić information content (AvgIpc) is 2.41. The highest BCUT2D eigenvalue weighted by Gasteiger charge is 2.33. The highest BCUT2D eigenvalue weighted by Crippen LogP contribution is 2.37. The summed E-state index contributed by atoms with van der Waals surface area (Å²) >= 11 is 3.57. The van der Waals surface area contributed by atoms with Gasteiger partial charge in [0.15, 0.2) is 0 Å². The molecule has 0 bridgehead atoms. The van der Waals surface area contributed by atoms with Crippen molar-refractivity contribution in [3.8, 4) is 0 Å². The molecule has 0 aliphatic carbocycles. The Morgan fingerprint density at radius 3 is 2.50 bits per heavy atom. The van der Waals surface area contributed by atoms with Crippen molar-refractivity contribution in [1.82, 2.24) is 4.90 Å². The maximum absolute atomic E-state index is 6.29. The van der Waals surface area contributed by atoms with Crippen LogP contribution in [0, 0.1) is 5.41 Å². The molecule has 0 amide bonds. The van der Waals surface area contributed by atoms with E-state index in [0.717, 1.165) is 17.6 Å². The smallest absolute Gasteiger partial charge is 0.0496 e. The molecule has 2 rings (SSSR count). The summed E-state index contributed by atoms with van der Waals surface area (Å²) in [7, 11) is 0. The van der Waals surface area contributed by atoms with Crippen molar-refractivity contribution < 1.29 is 0 Å². The molecule has 0 spiro atoms. The molecule has 3 heteroatoms. The number of piperidine rings is 1. The first-order chi connectivity index (χ1) is 9.45. The predicted octanol–water partition coefficient (Wildman–Crippen LogP) is 4.35. The third-order valence-electron chi connectivity index (χ3n) is 4.94. The van der Waals surface area contributed by atoms with Gasteiger partial charge in [-0.3, -0.25) is 4.90 Å². The highest BCUT2D eigenvalue weighted by molar-refractivity contribution is 9.10. The molecule has 1 fully saturated rings. The molecular weight excluding hydrogens is 312 g/mol. The Labute approximate surface area is 131 Å². The number of nitrogens with two attached hydrogens (primary N) is 1. The van der Waals surface area contributed by atoms with E-state index in [1.54, 1.807) is 0 Å². The number of rotatable bonds is 4. The SMILES string of the molecule is CCC1(C)CCN(C(c2cccc(Br)c2)C(C)N)CC1. The Morgan fingerprint density at radius 2 is 2.00 bits per heavy atom. The van der Waals surface area contributed by atoms with Crippen LogP contribution in [-0.2, 0) is 0 Å². The van der Waals surface area contributed by atoms with Gasteiger partial charge in [-0.2, -0.15) is 0 Å². The summed E-state index contributed by atoms with van der Waals surface area (Å²) in [5.41, 5.74) is 8.14. The maximum atomic E-state index is 6.29. The lowest BCUT2D eigenvalue weighted by Gasteiger charge is -2.43. The Balaban J connectivity index is 2.15. The molecule has 1 heterocycles. The fraction of sp³-hybridized carbons (Fsp3) is 0.647. The number of halogens is 1. The second-order valence-corrected chi connectivity index (χ2v) is 7.47. The molecule has 0 saturated carbocycles. The van der Waals surface area contributed by atoms with E-state index in [4.69, 9.17) is 5.73 Å². The van der Waals surface area contributed by atoms with Crippen LogP contribution in [0.15, 0.2) is 28.7 Å². The van der Waals surface area contributed by atoms with Gasteiger partial charge in [0.2, 0.25) is 0 Å². The fourth-order valence-electron chi connectivity index (χ4n) is 3.23. The Morgan fingerprint density at radius 1 is 1.35 bits per heavy atom. The summed E-state index contributed by atoms with van der Waals surface area (Å²) in [6.45, 7) is 9.17. The van der Waals surface area contributed by atoms with E-state index >= 15 is 0 Å². The summed E-state index contributed by atoms with van der Waals surface area (Å²) in [5, 5.41) is 0. The van der Waals surface area contributed by atoms with Crippen molar-refractivity contribution in [2.45, 2.75) is 52.1 Å². The Bertz CT molecular complexity index is 436. The first kappa shape index (κ1) is 16.0. The maximum Gasteiger partial charge on any atom is 0.0496 e. The second kappa shape index (κ2) is 6.59. The summed E-state index contributed by atoms with van der Waals surface area (Å²) < 4.78 is 1.14. The minimum atomic E-state index is 0.148. The normalized spacial score (nSPS) is 22.4. The largest absolute Gasteiger partial charge is 0.326 e. The van der Waals surface area contributed by atoms with Gasteiger partial charge < -0.3 is 5.73 Å². The van der Waals surface area contributed by atoms with Crippen molar-refractivity contribution >= 4 is 15.9 Å². The molecule has 2 nitrogen and oxygen atoms in total. The van der Waals surface area contributed by atoms with Crippen LogP contribution in [0.1, 0.15) is 51.6 Å². The van der Waals surface area contributed by atoms with Crippen LogP contribution >= 0.6 is 15.9 Å². The predicted molar refractivity (Wildman–Crippen MR) is 89.7 cm³/mol. The zero-order valence-corrected chi connectivity index (χ0v) is 14.5. The van der Waals surface area contributed by atoms with Crippen LogP contribution < -0.4 is 5.73 Å². The molecule has 1 saturated heterocycles. The lowest BCUT2D eigenvalue weighted by Crippen LogP contribution is -2.45. The van der Waals surface area contributed by atoms with E-state index < -0.39 is 0 Å². The van der Waals surface area contributed by atoms with Gasteiger partial charge in [-0.25, -0.2) is 0 Å². The van der Waals surface area contributed by atoms with Gasteiger partial charge >= 0.3 is 0 Å². The van der Waals surface area contributed by atoms with Gasteiger partial charge in [-0.15, -0.1) is 0 Å². The summed E-state index contributed by atoms with van der Waals surface area (Å²) in [5.74, 6) is 0. The molecular formula is C17H27BrN2. The molecule has 1 aromatic carbocycles. The minimum absolute atomic E-state index is 0.148. The lowest BCUT2D eigenvalue weighted by atomic mass is 9.77. The van der Waals surface area contributed by atoms with E-state index in [1.165, 1.54) is 24.8 Å². The monoisotopic (exact) mass is 338 g/mol. The van der Waals surface area contributed by atoms with E-state index in [2.05, 4.69) is 65.9 Å². The summed E-state index contributed by atoms with van der Waals surface area (Å²) in [6.07, 6.45) is 3.84. The van der Waals surface area contributed by atoms with Crippen LogP contribution in [-0.4, -0.2) is 24.0 Å². The van der Waals surface area contributed by atoms with Gasteiger partial charge in [-0.05, 0) is 56.0 Å². The van der Waals surface area contributed by atoms with Gasteiger partial charge in [0.05, 0.1) is 0 Å². The molecule has 112 valence electrons. The van der Waals surface area contributed by atoms with E-state index in [0.29, 0.717) is 11.5 Å². The van der Waals surface area contributed by atoms with Gasteiger partial charge in [0.25, 0.3) is 0 Å². The van der Waals surface area contributed by atoms with Crippen molar-refractivity contribution in [3.63, 3.8) is 0 Å².